The Labute approximate surface area is 189 Å². The van der Waals surface area contributed by atoms with Crippen molar-refractivity contribution in [1.29, 1.82) is 0 Å². The molecule has 1 aliphatic rings. The number of thiazole rings is 1. The van der Waals surface area contributed by atoms with Crippen molar-refractivity contribution in [2.45, 2.75) is 31.8 Å². The fraction of sp³-hybridized carbons (Fsp3) is 0.348. The standard InChI is InChI=1S/C23H23ClN2O4S/c1-29-18-6-8-21-19(14-18)25-23(31-21)30-17-10-12-26(13-11-17)22(28)9-7-20(27)15-2-4-16(24)5-3-15/h2-6,8,14,17H,7,9-13H2,1H3. The van der Waals surface area contributed by atoms with Crippen molar-refractivity contribution >= 4 is 44.8 Å². The van der Waals surface area contributed by atoms with Crippen LogP contribution in [0, 0.1) is 0 Å². The number of piperidine rings is 1. The maximum Gasteiger partial charge on any atom is 0.274 e. The van der Waals surface area contributed by atoms with Gasteiger partial charge in [-0.25, -0.2) is 4.98 Å². The summed E-state index contributed by atoms with van der Waals surface area (Å²) in [5.74, 6) is 0.731. The Morgan fingerprint density at radius 1 is 1.13 bits per heavy atom. The highest BCUT2D eigenvalue weighted by Crippen LogP contribution is 2.32. The number of ether oxygens (including phenoxy) is 2. The molecule has 0 bridgehead atoms. The number of Topliss-reactive ketones (excluding diaryl/α,β-unsaturated/α-hetero) is 1. The number of amides is 1. The summed E-state index contributed by atoms with van der Waals surface area (Å²) >= 11 is 7.36. The minimum absolute atomic E-state index is 0.00726. The Hall–Kier alpha value is -2.64. The number of hydrogen-bond donors (Lipinski definition) is 0. The van der Waals surface area contributed by atoms with Gasteiger partial charge in [-0.15, -0.1) is 0 Å². The van der Waals surface area contributed by atoms with Gasteiger partial charge in [0.15, 0.2) is 5.78 Å². The molecule has 1 aliphatic heterocycles. The molecule has 0 unspecified atom stereocenters. The van der Waals surface area contributed by atoms with E-state index in [0.29, 0.717) is 28.9 Å². The SMILES string of the molecule is COc1ccc2sc(OC3CCN(C(=O)CCC(=O)c4ccc(Cl)cc4)CC3)nc2c1. The van der Waals surface area contributed by atoms with Crippen LogP contribution in [0.25, 0.3) is 10.2 Å². The number of carbonyl (C=O) groups is 2. The zero-order valence-electron chi connectivity index (χ0n) is 17.2. The van der Waals surface area contributed by atoms with Crippen LogP contribution in [0.1, 0.15) is 36.0 Å². The lowest BCUT2D eigenvalue weighted by molar-refractivity contribution is -0.132. The zero-order chi connectivity index (χ0) is 21.8. The molecule has 0 spiro atoms. The lowest BCUT2D eigenvalue weighted by Crippen LogP contribution is -2.41. The van der Waals surface area contributed by atoms with E-state index in [2.05, 4.69) is 4.98 Å². The number of fused-ring (bicyclic) bond motifs is 1. The molecule has 2 aromatic carbocycles. The Balaban J connectivity index is 1.25. The van der Waals surface area contributed by atoms with Crippen molar-refractivity contribution in [1.82, 2.24) is 9.88 Å². The molecule has 1 fully saturated rings. The molecule has 0 N–H and O–H groups in total. The number of nitrogens with zero attached hydrogens (tertiary/aromatic N) is 2. The highest BCUT2D eigenvalue weighted by atomic mass is 35.5. The normalized spacial score (nSPS) is 14.6. The van der Waals surface area contributed by atoms with Crippen LogP contribution in [0.2, 0.25) is 5.02 Å². The molecular weight excluding hydrogens is 436 g/mol. The van der Waals surface area contributed by atoms with E-state index in [1.54, 1.807) is 31.4 Å². The number of halogens is 1. The van der Waals surface area contributed by atoms with Crippen LogP contribution in [-0.2, 0) is 4.79 Å². The van der Waals surface area contributed by atoms with Gasteiger partial charge in [0.2, 0.25) is 5.91 Å². The number of carbonyl (C=O) groups excluding carboxylic acids is 2. The molecule has 1 amide bonds. The Morgan fingerprint density at radius 3 is 2.58 bits per heavy atom. The first-order chi connectivity index (χ1) is 15.0. The summed E-state index contributed by atoms with van der Waals surface area (Å²) in [6.45, 7) is 1.24. The summed E-state index contributed by atoms with van der Waals surface area (Å²) in [4.78, 5) is 31.1. The largest absolute Gasteiger partial charge is 0.497 e. The number of aromatic nitrogens is 1. The van der Waals surface area contributed by atoms with Crippen LogP contribution in [0.4, 0.5) is 0 Å². The number of benzene rings is 2. The van der Waals surface area contributed by atoms with Crippen LogP contribution in [-0.4, -0.2) is 47.9 Å². The number of methoxy groups -OCH3 is 1. The summed E-state index contributed by atoms with van der Waals surface area (Å²) in [6, 6.07) is 12.5. The summed E-state index contributed by atoms with van der Waals surface area (Å²) < 4.78 is 12.4. The molecule has 4 rings (SSSR count). The summed E-state index contributed by atoms with van der Waals surface area (Å²) in [6.07, 6.45) is 1.94. The van der Waals surface area contributed by atoms with Gasteiger partial charge < -0.3 is 14.4 Å². The molecule has 1 saturated heterocycles. The predicted molar refractivity (Wildman–Crippen MR) is 121 cm³/mol. The third-order valence-corrected chi connectivity index (χ3v) is 6.55. The van der Waals surface area contributed by atoms with E-state index in [1.165, 1.54) is 11.3 Å². The minimum Gasteiger partial charge on any atom is -0.497 e. The van der Waals surface area contributed by atoms with Crippen molar-refractivity contribution in [2.75, 3.05) is 20.2 Å². The fourth-order valence-corrected chi connectivity index (χ4v) is 4.58. The van der Waals surface area contributed by atoms with E-state index in [4.69, 9.17) is 21.1 Å². The van der Waals surface area contributed by atoms with Crippen molar-refractivity contribution in [2.24, 2.45) is 0 Å². The second-order valence-corrected chi connectivity index (χ2v) is 8.87. The molecule has 1 aromatic heterocycles. The van der Waals surface area contributed by atoms with Crippen LogP contribution in [0.5, 0.6) is 10.9 Å². The zero-order valence-corrected chi connectivity index (χ0v) is 18.7. The van der Waals surface area contributed by atoms with Gasteiger partial charge in [0, 0.05) is 55.4 Å². The lowest BCUT2D eigenvalue weighted by Gasteiger charge is -2.31. The molecule has 2 heterocycles. The molecule has 3 aromatic rings. The summed E-state index contributed by atoms with van der Waals surface area (Å²) in [5.41, 5.74) is 1.44. The first-order valence-electron chi connectivity index (χ1n) is 10.2. The van der Waals surface area contributed by atoms with Gasteiger partial charge in [-0.05, 0) is 36.4 Å². The van der Waals surface area contributed by atoms with E-state index in [9.17, 15) is 9.59 Å². The molecular formula is C23H23ClN2O4S. The van der Waals surface area contributed by atoms with Crippen molar-refractivity contribution in [3.8, 4) is 10.9 Å². The third kappa shape index (κ3) is 5.35. The highest BCUT2D eigenvalue weighted by Gasteiger charge is 2.25. The molecule has 0 saturated carbocycles. The van der Waals surface area contributed by atoms with Crippen LogP contribution < -0.4 is 9.47 Å². The van der Waals surface area contributed by atoms with Gasteiger partial charge in [-0.2, -0.15) is 0 Å². The first kappa shape index (κ1) is 21.6. The van der Waals surface area contributed by atoms with E-state index >= 15 is 0 Å². The van der Waals surface area contributed by atoms with Crippen LogP contribution in [0.3, 0.4) is 0 Å². The Morgan fingerprint density at radius 2 is 1.87 bits per heavy atom. The number of ketones is 1. The Bertz CT molecular complexity index is 1070. The molecule has 0 aliphatic carbocycles. The lowest BCUT2D eigenvalue weighted by atomic mass is 10.0. The second-order valence-electron chi connectivity index (χ2n) is 7.44. The van der Waals surface area contributed by atoms with Crippen LogP contribution >= 0.6 is 22.9 Å². The van der Waals surface area contributed by atoms with Gasteiger partial charge in [0.05, 0.1) is 17.3 Å². The number of rotatable bonds is 7. The topological polar surface area (TPSA) is 68.7 Å². The van der Waals surface area contributed by atoms with Gasteiger partial charge in [-0.1, -0.05) is 22.9 Å². The molecule has 0 atom stereocenters. The van der Waals surface area contributed by atoms with Crippen molar-refractivity contribution in [3.63, 3.8) is 0 Å². The predicted octanol–water partition coefficient (Wildman–Crippen LogP) is 4.99. The van der Waals surface area contributed by atoms with E-state index in [1.807, 2.05) is 23.1 Å². The van der Waals surface area contributed by atoms with Gasteiger partial charge in [0.25, 0.3) is 5.19 Å². The first-order valence-corrected chi connectivity index (χ1v) is 11.4. The molecule has 31 heavy (non-hydrogen) atoms. The molecule has 6 nitrogen and oxygen atoms in total. The third-order valence-electron chi connectivity index (χ3n) is 5.37. The van der Waals surface area contributed by atoms with Crippen LogP contribution in [0.15, 0.2) is 42.5 Å². The van der Waals surface area contributed by atoms with Crippen molar-refractivity contribution < 1.29 is 19.1 Å². The van der Waals surface area contributed by atoms with Crippen molar-refractivity contribution in [3.05, 3.63) is 53.1 Å². The average molecular weight is 459 g/mol. The van der Waals surface area contributed by atoms with E-state index in [-0.39, 0.29) is 30.6 Å². The van der Waals surface area contributed by atoms with Gasteiger partial charge >= 0.3 is 0 Å². The second kappa shape index (κ2) is 9.66. The molecule has 162 valence electrons. The summed E-state index contributed by atoms with van der Waals surface area (Å²) in [7, 11) is 1.63. The number of likely N-dealkylation sites (tertiary alicyclic amines) is 1. The quantitative estimate of drug-likeness (QED) is 0.466. The maximum atomic E-state index is 12.5. The minimum atomic E-state index is -0.0456. The van der Waals surface area contributed by atoms with Gasteiger partial charge in [0.1, 0.15) is 11.9 Å². The fourth-order valence-electron chi connectivity index (χ4n) is 3.59. The Kier molecular flexibility index (Phi) is 6.73. The molecule has 0 radical (unpaired) electrons. The smallest absolute Gasteiger partial charge is 0.274 e. The monoisotopic (exact) mass is 458 g/mol. The highest BCUT2D eigenvalue weighted by molar-refractivity contribution is 7.20. The summed E-state index contributed by atoms with van der Waals surface area (Å²) in [5, 5.41) is 1.23. The average Bonchev–Trinajstić information content (AvgIpc) is 3.19. The van der Waals surface area contributed by atoms with Gasteiger partial charge in [-0.3, -0.25) is 9.59 Å². The maximum absolute atomic E-state index is 12.5. The number of hydrogen-bond acceptors (Lipinski definition) is 6. The van der Waals surface area contributed by atoms with E-state index in [0.717, 1.165) is 28.8 Å². The van der Waals surface area contributed by atoms with E-state index < -0.39 is 0 Å². The molecule has 8 heteroatoms.